The van der Waals surface area contributed by atoms with Crippen LogP contribution in [0.5, 0.6) is 11.5 Å². The minimum Gasteiger partial charge on any atom is -0.508 e. The molecule has 0 saturated carbocycles. The van der Waals surface area contributed by atoms with Gasteiger partial charge in [0.1, 0.15) is 17.3 Å². The molecule has 0 radical (unpaired) electrons. The van der Waals surface area contributed by atoms with E-state index in [0.717, 1.165) is 0 Å². The Labute approximate surface area is 86.2 Å². The molecule has 0 unspecified atom stereocenters. The highest BCUT2D eigenvalue weighted by Crippen LogP contribution is 2.31. The van der Waals surface area contributed by atoms with E-state index in [9.17, 15) is 14.6 Å². The van der Waals surface area contributed by atoms with Gasteiger partial charge in [-0.15, -0.1) is 0 Å². The zero-order valence-electron chi connectivity index (χ0n) is 7.81. The summed E-state index contributed by atoms with van der Waals surface area (Å²) in [5.41, 5.74) is 0.943. The van der Waals surface area contributed by atoms with E-state index in [2.05, 4.69) is 0 Å². The van der Waals surface area contributed by atoms with Gasteiger partial charge in [-0.25, -0.2) is 4.39 Å². The summed E-state index contributed by atoms with van der Waals surface area (Å²) in [6.45, 7) is 0. The van der Waals surface area contributed by atoms with Gasteiger partial charge in [-0.05, 0) is 35.9 Å². The van der Waals surface area contributed by atoms with E-state index < -0.39 is 5.82 Å². The van der Waals surface area contributed by atoms with Gasteiger partial charge in [0.15, 0.2) is 0 Å². The summed E-state index contributed by atoms with van der Waals surface area (Å²) in [5, 5.41) is 18.8. The Morgan fingerprint density at radius 1 is 0.933 bits per heavy atom. The van der Waals surface area contributed by atoms with Gasteiger partial charge in [-0.1, -0.05) is 12.1 Å². The van der Waals surface area contributed by atoms with Crippen molar-refractivity contribution in [3.05, 3.63) is 48.3 Å². The van der Waals surface area contributed by atoms with Crippen LogP contribution in [0.1, 0.15) is 0 Å². The lowest BCUT2D eigenvalue weighted by molar-refractivity contribution is 0.473. The number of hydrogen-bond acceptors (Lipinski definition) is 2. The fourth-order valence-electron chi connectivity index (χ4n) is 1.41. The van der Waals surface area contributed by atoms with E-state index in [0.29, 0.717) is 11.1 Å². The first-order valence-electron chi connectivity index (χ1n) is 4.45. The molecule has 2 N–H and O–H groups in total. The molecule has 0 amide bonds. The van der Waals surface area contributed by atoms with Crippen molar-refractivity contribution in [2.45, 2.75) is 0 Å². The van der Waals surface area contributed by atoms with Gasteiger partial charge < -0.3 is 10.2 Å². The Hall–Kier alpha value is -2.03. The lowest BCUT2D eigenvalue weighted by Gasteiger charge is -2.05. The first kappa shape index (κ1) is 9.52. The van der Waals surface area contributed by atoms with Crippen LogP contribution in [-0.4, -0.2) is 10.2 Å². The predicted molar refractivity (Wildman–Crippen MR) is 55.2 cm³/mol. The molecule has 0 spiro atoms. The van der Waals surface area contributed by atoms with Crippen LogP contribution in [-0.2, 0) is 0 Å². The van der Waals surface area contributed by atoms with E-state index in [1.54, 1.807) is 12.1 Å². The molecular formula is C12H9FO2. The third-order valence-electron chi connectivity index (χ3n) is 2.12. The van der Waals surface area contributed by atoms with E-state index in [-0.39, 0.29) is 11.5 Å². The first-order chi connectivity index (χ1) is 7.16. The maximum atomic E-state index is 13.0. The zero-order chi connectivity index (χ0) is 10.8. The second-order valence-electron chi connectivity index (χ2n) is 3.21. The van der Waals surface area contributed by atoms with E-state index in [4.69, 9.17) is 0 Å². The molecule has 76 valence electrons. The van der Waals surface area contributed by atoms with Crippen LogP contribution in [0.2, 0.25) is 0 Å². The van der Waals surface area contributed by atoms with Crippen LogP contribution < -0.4 is 0 Å². The van der Waals surface area contributed by atoms with Gasteiger partial charge in [0.05, 0.1) is 0 Å². The highest BCUT2D eigenvalue weighted by molar-refractivity contribution is 5.71. The number of phenols is 2. The third-order valence-corrected chi connectivity index (χ3v) is 2.12. The Morgan fingerprint density at radius 3 is 2.47 bits per heavy atom. The Kier molecular flexibility index (Phi) is 2.29. The molecule has 0 aliphatic carbocycles. The average molecular weight is 204 g/mol. The molecule has 2 aromatic rings. The van der Waals surface area contributed by atoms with Crippen molar-refractivity contribution in [1.29, 1.82) is 0 Å². The van der Waals surface area contributed by atoms with Crippen LogP contribution in [0.25, 0.3) is 11.1 Å². The summed E-state index contributed by atoms with van der Waals surface area (Å²) < 4.78 is 13.0. The highest BCUT2D eigenvalue weighted by atomic mass is 19.1. The predicted octanol–water partition coefficient (Wildman–Crippen LogP) is 2.90. The first-order valence-corrected chi connectivity index (χ1v) is 4.45. The molecule has 15 heavy (non-hydrogen) atoms. The Bertz CT molecular complexity index is 495. The maximum absolute atomic E-state index is 13.0. The lowest BCUT2D eigenvalue weighted by atomic mass is 10.0. The smallest absolute Gasteiger partial charge is 0.124 e. The summed E-state index contributed by atoms with van der Waals surface area (Å²) in [7, 11) is 0. The number of halogens is 1. The lowest BCUT2D eigenvalue weighted by Crippen LogP contribution is -1.81. The second-order valence-corrected chi connectivity index (χ2v) is 3.21. The Balaban J connectivity index is 2.58. The van der Waals surface area contributed by atoms with Crippen molar-refractivity contribution in [3.63, 3.8) is 0 Å². The number of hydrogen-bond donors (Lipinski definition) is 2. The monoisotopic (exact) mass is 204 g/mol. The quantitative estimate of drug-likeness (QED) is 0.749. The summed E-state index contributed by atoms with van der Waals surface area (Å²) >= 11 is 0. The number of benzene rings is 2. The second kappa shape index (κ2) is 3.61. The average Bonchev–Trinajstić information content (AvgIpc) is 2.22. The maximum Gasteiger partial charge on any atom is 0.124 e. The fourth-order valence-corrected chi connectivity index (χ4v) is 1.41. The van der Waals surface area contributed by atoms with E-state index >= 15 is 0 Å². The summed E-state index contributed by atoms with van der Waals surface area (Å²) in [6, 6.07) is 10.00. The molecule has 0 saturated heterocycles. The third kappa shape index (κ3) is 1.91. The van der Waals surface area contributed by atoms with Crippen LogP contribution in [0.15, 0.2) is 42.5 Å². The van der Waals surface area contributed by atoms with Gasteiger partial charge in [0.25, 0.3) is 0 Å². The normalized spacial score (nSPS) is 10.2. The molecule has 2 rings (SSSR count). The molecule has 3 heteroatoms. The summed E-state index contributed by atoms with van der Waals surface area (Å²) in [6.07, 6.45) is 0. The van der Waals surface area contributed by atoms with Gasteiger partial charge in [-0.2, -0.15) is 0 Å². The SMILES string of the molecule is Oc1cccc(-c2cc(F)ccc2O)c1. The molecule has 0 fully saturated rings. The standard InChI is InChI=1S/C12H9FO2/c13-9-4-5-12(15)11(7-9)8-2-1-3-10(14)6-8/h1-7,14-15H. The van der Waals surface area contributed by atoms with Gasteiger partial charge in [0.2, 0.25) is 0 Å². The highest BCUT2D eigenvalue weighted by Gasteiger charge is 2.05. The molecule has 2 nitrogen and oxygen atoms in total. The van der Waals surface area contributed by atoms with Crippen molar-refractivity contribution in [2.24, 2.45) is 0 Å². The topological polar surface area (TPSA) is 40.5 Å². The van der Waals surface area contributed by atoms with Crippen molar-refractivity contribution in [2.75, 3.05) is 0 Å². The Morgan fingerprint density at radius 2 is 1.73 bits per heavy atom. The molecule has 0 aromatic heterocycles. The van der Waals surface area contributed by atoms with Crippen LogP contribution in [0.4, 0.5) is 4.39 Å². The largest absolute Gasteiger partial charge is 0.508 e. The van der Waals surface area contributed by atoms with Gasteiger partial charge >= 0.3 is 0 Å². The molecule has 0 heterocycles. The van der Waals surface area contributed by atoms with Crippen LogP contribution in [0.3, 0.4) is 0 Å². The minimum atomic E-state index is -0.425. The number of aromatic hydroxyl groups is 2. The number of phenolic OH excluding ortho intramolecular Hbond substituents is 2. The van der Waals surface area contributed by atoms with Crippen molar-refractivity contribution in [1.82, 2.24) is 0 Å². The molecule has 0 bridgehead atoms. The van der Waals surface area contributed by atoms with E-state index in [1.807, 2.05) is 0 Å². The molecule has 0 aliphatic rings. The van der Waals surface area contributed by atoms with Gasteiger partial charge in [0, 0.05) is 5.56 Å². The van der Waals surface area contributed by atoms with Crippen molar-refractivity contribution < 1.29 is 14.6 Å². The van der Waals surface area contributed by atoms with Gasteiger partial charge in [-0.3, -0.25) is 0 Å². The zero-order valence-corrected chi connectivity index (χ0v) is 7.81. The summed E-state index contributed by atoms with van der Waals surface area (Å²) in [4.78, 5) is 0. The molecule has 2 aromatic carbocycles. The van der Waals surface area contributed by atoms with Crippen LogP contribution in [0, 0.1) is 5.82 Å². The minimum absolute atomic E-state index is 0.0120. The van der Waals surface area contributed by atoms with E-state index in [1.165, 1.54) is 30.3 Å². The molecule has 0 aliphatic heterocycles. The van der Waals surface area contributed by atoms with Crippen molar-refractivity contribution in [3.8, 4) is 22.6 Å². The number of rotatable bonds is 1. The molecule has 0 atom stereocenters. The van der Waals surface area contributed by atoms with Crippen LogP contribution >= 0.6 is 0 Å². The van der Waals surface area contributed by atoms with Crippen molar-refractivity contribution >= 4 is 0 Å². The molecular weight excluding hydrogens is 195 g/mol. The fraction of sp³-hybridized carbons (Fsp3) is 0. The summed E-state index contributed by atoms with van der Waals surface area (Å²) in [5.74, 6) is -0.357.